The third-order valence-corrected chi connectivity index (χ3v) is 2.84. The Balaban J connectivity index is 2.21. The number of nitrogens with one attached hydrogen (secondary N) is 1. The van der Waals surface area contributed by atoms with Gasteiger partial charge in [-0.1, -0.05) is 44.2 Å². The van der Waals surface area contributed by atoms with Crippen LogP contribution < -0.4 is 5.32 Å². The van der Waals surface area contributed by atoms with E-state index in [2.05, 4.69) is 12.2 Å². The second-order valence-electron chi connectivity index (χ2n) is 3.97. The highest BCUT2D eigenvalue weighted by Crippen LogP contribution is 2.22. The monoisotopic (exact) mass is 243 g/mol. The number of unbranched alkanes of at least 4 members (excludes halogenated alkanes) is 4. The van der Waals surface area contributed by atoms with Crippen molar-refractivity contribution in [3.63, 3.8) is 0 Å². The number of rotatable bonds is 7. The Morgan fingerprint density at radius 1 is 1.19 bits per heavy atom. The van der Waals surface area contributed by atoms with Crippen LogP contribution in [-0.4, -0.2) is 6.54 Å². The van der Waals surface area contributed by atoms with Gasteiger partial charge in [-0.3, -0.25) is 0 Å². The predicted molar refractivity (Wildman–Crippen MR) is 68.7 cm³/mol. The molecular formula is C13H19ClFN. The van der Waals surface area contributed by atoms with Crippen LogP contribution in [0.1, 0.15) is 39.0 Å². The van der Waals surface area contributed by atoms with Gasteiger partial charge in [-0.25, -0.2) is 4.39 Å². The van der Waals surface area contributed by atoms with Gasteiger partial charge >= 0.3 is 0 Å². The molecule has 0 bridgehead atoms. The van der Waals surface area contributed by atoms with Crippen LogP contribution in [0.3, 0.4) is 0 Å². The Labute approximate surface area is 102 Å². The third kappa shape index (κ3) is 4.84. The fourth-order valence-corrected chi connectivity index (χ4v) is 1.82. The van der Waals surface area contributed by atoms with E-state index < -0.39 is 0 Å². The summed E-state index contributed by atoms with van der Waals surface area (Å²) in [7, 11) is 0. The molecule has 1 N–H and O–H groups in total. The minimum Gasteiger partial charge on any atom is -0.384 e. The van der Waals surface area contributed by atoms with Gasteiger partial charge in [-0.05, 0) is 24.6 Å². The van der Waals surface area contributed by atoms with Crippen molar-refractivity contribution in [1.29, 1.82) is 0 Å². The third-order valence-electron chi connectivity index (χ3n) is 2.53. The first-order chi connectivity index (χ1) is 7.74. The van der Waals surface area contributed by atoms with Crippen LogP contribution in [0.2, 0.25) is 5.02 Å². The van der Waals surface area contributed by atoms with Crippen LogP contribution in [0.25, 0.3) is 0 Å². The maximum atomic E-state index is 12.8. The summed E-state index contributed by atoms with van der Waals surface area (Å²) in [6, 6.07) is 4.44. The molecule has 90 valence electrons. The van der Waals surface area contributed by atoms with Gasteiger partial charge in [0, 0.05) is 6.54 Å². The maximum Gasteiger partial charge on any atom is 0.124 e. The van der Waals surface area contributed by atoms with E-state index >= 15 is 0 Å². The second kappa shape index (κ2) is 7.50. The van der Waals surface area contributed by atoms with E-state index in [1.807, 2.05) is 0 Å². The van der Waals surface area contributed by atoms with Crippen LogP contribution >= 0.6 is 11.6 Å². The molecule has 16 heavy (non-hydrogen) atoms. The zero-order valence-corrected chi connectivity index (χ0v) is 10.5. The molecule has 0 spiro atoms. The SMILES string of the molecule is CCCCCCCNc1ccc(F)cc1Cl. The van der Waals surface area contributed by atoms with E-state index in [9.17, 15) is 4.39 Å². The lowest BCUT2D eigenvalue weighted by molar-refractivity contribution is 0.627. The fourth-order valence-electron chi connectivity index (χ4n) is 1.58. The zero-order chi connectivity index (χ0) is 11.8. The summed E-state index contributed by atoms with van der Waals surface area (Å²) < 4.78 is 12.8. The van der Waals surface area contributed by atoms with Crippen LogP contribution in [-0.2, 0) is 0 Å². The highest BCUT2D eigenvalue weighted by atomic mass is 35.5. The molecule has 1 aromatic carbocycles. The molecule has 0 aromatic heterocycles. The molecule has 0 heterocycles. The first-order valence-electron chi connectivity index (χ1n) is 5.93. The van der Waals surface area contributed by atoms with Crippen molar-refractivity contribution in [2.45, 2.75) is 39.0 Å². The van der Waals surface area contributed by atoms with E-state index in [0.717, 1.165) is 18.7 Å². The topological polar surface area (TPSA) is 12.0 Å². The number of benzene rings is 1. The van der Waals surface area contributed by atoms with Gasteiger partial charge in [-0.15, -0.1) is 0 Å². The Hall–Kier alpha value is -0.760. The van der Waals surface area contributed by atoms with Crippen molar-refractivity contribution in [3.05, 3.63) is 29.0 Å². The van der Waals surface area contributed by atoms with E-state index in [1.54, 1.807) is 6.07 Å². The van der Waals surface area contributed by atoms with Crippen LogP contribution in [0.15, 0.2) is 18.2 Å². The minimum atomic E-state index is -0.293. The second-order valence-corrected chi connectivity index (χ2v) is 4.37. The molecule has 0 saturated heterocycles. The summed E-state index contributed by atoms with van der Waals surface area (Å²) in [5, 5.41) is 3.67. The molecular weight excluding hydrogens is 225 g/mol. The quantitative estimate of drug-likeness (QED) is 0.675. The zero-order valence-electron chi connectivity index (χ0n) is 9.73. The largest absolute Gasteiger partial charge is 0.384 e. The fraction of sp³-hybridized carbons (Fsp3) is 0.538. The van der Waals surface area contributed by atoms with Crippen molar-refractivity contribution in [2.75, 3.05) is 11.9 Å². The van der Waals surface area contributed by atoms with Crippen molar-refractivity contribution >= 4 is 17.3 Å². The van der Waals surface area contributed by atoms with Crippen molar-refractivity contribution < 1.29 is 4.39 Å². The van der Waals surface area contributed by atoms with Crippen molar-refractivity contribution in [1.82, 2.24) is 0 Å². The van der Waals surface area contributed by atoms with Crippen LogP contribution in [0, 0.1) is 5.82 Å². The lowest BCUT2D eigenvalue weighted by atomic mass is 10.1. The molecule has 0 radical (unpaired) electrons. The normalized spacial score (nSPS) is 10.4. The molecule has 0 fully saturated rings. The van der Waals surface area contributed by atoms with Gasteiger partial charge in [0.15, 0.2) is 0 Å². The molecule has 0 aliphatic heterocycles. The molecule has 0 atom stereocenters. The van der Waals surface area contributed by atoms with Gasteiger partial charge in [0.25, 0.3) is 0 Å². The average Bonchev–Trinajstić information content (AvgIpc) is 2.26. The first kappa shape index (κ1) is 13.3. The Bertz CT molecular complexity index is 315. The Morgan fingerprint density at radius 3 is 2.62 bits per heavy atom. The first-order valence-corrected chi connectivity index (χ1v) is 6.30. The predicted octanol–water partition coefficient (Wildman–Crippen LogP) is 4.86. The Morgan fingerprint density at radius 2 is 1.94 bits per heavy atom. The molecule has 0 amide bonds. The summed E-state index contributed by atoms with van der Waals surface area (Å²) in [6.45, 7) is 3.10. The molecule has 0 saturated carbocycles. The summed E-state index contributed by atoms with van der Waals surface area (Å²) in [6.07, 6.45) is 6.22. The van der Waals surface area contributed by atoms with Crippen LogP contribution in [0.5, 0.6) is 0 Å². The smallest absolute Gasteiger partial charge is 0.124 e. The molecule has 0 aliphatic rings. The number of hydrogen-bond donors (Lipinski definition) is 1. The summed E-state index contributed by atoms with van der Waals surface area (Å²) in [5.41, 5.74) is 0.818. The van der Waals surface area contributed by atoms with Gasteiger partial charge in [-0.2, -0.15) is 0 Å². The van der Waals surface area contributed by atoms with Crippen LogP contribution in [0.4, 0.5) is 10.1 Å². The summed E-state index contributed by atoms with van der Waals surface area (Å²) in [4.78, 5) is 0. The molecule has 1 rings (SSSR count). The lowest BCUT2D eigenvalue weighted by Crippen LogP contribution is -2.02. The highest BCUT2D eigenvalue weighted by molar-refractivity contribution is 6.33. The average molecular weight is 244 g/mol. The maximum absolute atomic E-state index is 12.8. The van der Waals surface area contributed by atoms with E-state index in [0.29, 0.717) is 5.02 Å². The van der Waals surface area contributed by atoms with Crippen molar-refractivity contribution in [2.24, 2.45) is 0 Å². The molecule has 0 aliphatic carbocycles. The van der Waals surface area contributed by atoms with Crippen molar-refractivity contribution in [3.8, 4) is 0 Å². The van der Waals surface area contributed by atoms with E-state index in [4.69, 9.17) is 11.6 Å². The Kier molecular flexibility index (Phi) is 6.24. The molecule has 3 heteroatoms. The van der Waals surface area contributed by atoms with Gasteiger partial charge in [0.05, 0.1) is 10.7 Å². The molecule has 1 aromatic rings. The van der Waals surface area contributed by atoms with Gasteiger partial charge in [0.1, 0.15) is 5.82 Å². The highest BCUT2D eigenvalue weighted by Gasteiger charge is 2.00. The minimum absolute atomic E-state index is 0.293. The summed E-state index contributed by atoms with van der Waals surface area (Å²) in [5.74, 6) is -0.293. The van der Waals surface area contributed by atoms with Gasteiger partial charge < -0.3 is 5.32 Å². The number of hydrogen-bond acceptors (Lipinski definition) is 1. The van der Waals surface area contributed by atoms with E-state index in [1.165, 1.54) is 37.8 Å². The number of anilines is 1. The lowest BCUT2D eigenvalue weighted by Gasteiger charge is -2.08. The molecule has 1 nitrogen and oxygen atoms in total. The number of halogens is 2. The standard InChI is InChI=1S/C13H19ClFN/c1-2-3-4-5-6-9-16-13-8-7-11(15)10-12(13)14/h7-8,10,16H,2-6,9H2,1H3. The molecule has 0 unspecified atom stereocenters. The van der Waals surface area contributed by atoms with Gasteiger partial charge in [0.2, 0.25) is 0 Å². The summed E-state index contributed by atoms with van der Waals surface area (Å²) >= 11 is 5.89. The van der Waals surface area contributed by atoms with E-state index in [-0.39, 0.29) is 5.82 Å².